The highest BCUT2D eigenvalue weighted by Gasteiger charge is 2.43. The Balaban J connectivity index is 1.99. The second kappa shape index (κ2) is 5.08. The maximum atomic E-state index is 5.98. The molecule has 17 heavy (non-hydrogen) atoms. The summed E-state index contributed by atoms with van der Waals surface area (Å²) in [7, 11) is 0. The van der Waals surface area contributed by atoms with Crippen LogP contribution in [0.15, 0.2) is 17.6 Å². The van der Waals surface area contributed by atoms with Crippen molar-refractivity contribution >= 4 is 5.96 Å². The highest BCUT2D eigenvalue weighted by Crippen LogP contribution is 2.32. The quantitative estimate of drug-likeness (QED) is 0.742. The van der Waals surface area contributed by atoms with Crippen LogP contribution in [0, 0.1) is 0 Å². The first-order chi connectivity index (χ1) is 8.22. The van der Waals surface area contributed by atoms with Gasteiger partial charge in [0, 0.05) is 19.6 Å². The van der Waals surface area contributed by atoms with E-state index in [2.05, 4.69) is 28.3 Å². The summed E-state index contributed by atoms with van der Waals surface area (Å²) in [5.74, 6) is 0.703. The first-order valence-corrected chi connectivity index (χ1v) is 6.62. The van der Waals surface area contributed by atoms with E-state index in [0.717, 1.165) is 13.1 Å². The SMILES string of the molecule is C=CCN1C(N)=NCC12CCN(CCC)CC2. The summed E-state index contributed by atoms with van der Waals surface area (Å²) < 4.78 is 0. The molecule has 2 aliphatic rings. The number of piperidine rings is 1. The van der Waals surface area contributed by atoms with Crippen LogP contribution in [0.5, 0.6) is 0 Å². The molecule has 0 aromatic rings. The van der Waals surface area contributed by atoms with E-state index in [1.807, 2.05) is 6.08 Å². The van der Waals surface area contributed by atoms with E-state index in [9.17, 15) is 0 Å². The Morgan fingerprint density at radius 2 is 2.18 bits per heavy atom. The maximum absolute atomic E-state index is 5.98. The molecule has 4 heteroatoms. The smallest absolute Gasteiger partial charge is 0.192 e. The summed E-state index contributed by atoms with van der Waals surface area (Å²) in [6.45, 7) is 11.3. The average Bonchev–Trinajstić information content (AvgIpc) is 2.63. The van der Waals surface area contributed by atoms with Gasteiger partial charge < -0.3 is 15.5 Å². The average molecular weight is 236 g/mol. The third kappa shape index (κ3) is 2.32. The van der Waals surface area contributed by atoms with Crippen molar-refractivity contribution in [3.8, 4) is 0 Å². The largest absolute Gasteiger partial charge is 0.370 e. The Morgan fingerprint density at radius 3 is 2.76 bits per heavy atom. The standard InChI is InChI=1S/C13H24N4/c1-3-7-16-9-5-13(6-10-16)11-15-12(14)17(13)8-4-2/h4H,2-3,5-11H2,1H3,(H2,14,15). The van der Waals surface area contributed by atoms with Gasteiger partial charge >= 0.3 is 0 Å². The maximum Gasteiger partial charge on any atom is 0.192 e. The zero-order valence-electron chi connectivity index (χ0n) is 10.9. The first kappa shape index (κ1) is 12.4. The number of rotatable bonds is 4. The van der Waals surface area contributed by atoms with Crippen LogP contribution in [0.25, 0.3) is 0 Å². The van der Waals surface area contributed by atoms with Crippen molar-refractivity contribution in [2.24, 2.45) is 10.7 Å². The molecule has 0 saturated carbocycles. The fraction of sp³-hybridized carbons (Fsp3) is 0.769. The zero-order valence-corrected chi connectivity index (χ0v) is 10.9. The molecule has 2 heterocycles. The van der Waals surface area contributed by atoms with Crippen LogP contribution in [-0.4, -0.2) is 54.0 Å². The van der Waals surface area contributed by atoms with E-state index in [0.29, 0.717) is 5.96 Å². The normalized spacial score (nSPS) is 24.1. The fourth-order valence-corrected chi connectivity index (χ4v) is 3.00. The van der Waals surface area contributed by atoms with Crippen LogP contribution < -0.4 is 5.73 Å². The van der Waals surface area contributed by atoms with E-state index in [1.54, 1.807) is 0 Å². The van der Waals surface area contributed by atoms with Crippen LogP contribution >= 0.6 is 0 Å². The third-order valence-corrected chi connectivity index (χ3v) is 4.02. The number of aliphatic imine (C=N–C) groups is 1. The van der Waals surface area contributed by atoms with E-state index >= 15 is 0 Å². The van der Waals surface area contributed by atoms with Crippen molar-refractivity contribution in [2.75, 3.05) is 32.7 Å². The molecule has 0 aliphatic carbocycles. The minimum absolute atomic E-state index is 0.183. The Morgan fingerprint density at radius 1 is 1.47 bits per heavy atom. The lowest BCUT2D eigenvalue weighted by atomic mass is 9.86. The Labute approximate surface area is 104 Å². The predicted molar refractivity (Wildman–Crippen MR) is 72.1 cm³/mol. The van der Waals surface area contributed by atoms with Crippen LogP contribution in [0.3, 0.4) is 0 Å². The second-order valence-electron chi connectivity index (χ2n) is 5.14. The molecule has 2 aliphatic heterocycles. The van der Waals surface area contributed by atoms with Gasteiger partial charge in [-0.1, -0.05) is 13.0 Å². The molecule has 1 saturated heterocycles. The van der Waals surface area contributed by atoms with Crippen LogP contribution in [0.1, 0.15) is 26.2 Å². The van der Waals surface area contributed by atoms with Crippen molar-refractivity contribution in [1.82, 2.24) is 9.80 Å². The summed E-state index contributed by atoms with van der Waals surface area (Å²) in [5, 5.41) is 0. The molecule has 4 nitrogen and oxygen atoms in total. The Kier molecular flexibility index (Phi) is 3.72. The van der Waals surface area contributed by atoms with Crippen LogP contribution in [-0.2, 0) is 0 Å². The molecule has 0 radical (unpaired) electrons. The molecular formula is C13H24N4. The molecule has 2 rings (SSSR count). The van der Waals surface area contributed by atoms with E-state index < -0.39 is 0 Å². The van der Waals surface area contributed by atoms with Crippen molar-refractivity contribution in [3.63, 3.8) is 0 Å². The van der Waals surface area contributed by atoms with Gasteiger partial charge in [-0.05, 0) is 25.8 Å². The molecule has 1 fully saturated rings. The topological polar surface area (TPSA) is 44.9 Å². The monoisotopic (exact) mass is 236 g/mol. The summed E-state index contributed by atoms with van der Waals surface area (Å²) in [5.41, 5.74) is 6.16. The molecule has 0 amide bonds. The van der Waals surface area contributed by atoms with Crippen LogP contribution in [0.2, 0.25) is 0 Å². The lowest BCUT2D eigenvalue weighted by Crippen LogP contribution is -2.57. The minimum Gasteiger partial charge on any atom is -0.370 e. The number of likely N-dealkylation sites (tertiary alicyclic amines) is 1. The van der Waals surface area contributed by atoms with Crippen LogP contribution in [0.4, 0.5) is 0 Å². The predicted octanol–water partition coefficient (Wildman–Crippen LogP) is 1.05. The van der Waals surface area contributed by atoms with Gasteiger partial charge in [0.05, 0.1) is 12.1 Å². The molecule has 96 valence electrons. The Bertz CT molecular complexity index is 303. The second-order valence-corrected chi connectivity index (χ2v) is 5.14. The third-order valence-electron chi connectivity index (χ3n) is 4.02. The molecule has 0 aromatic carbocycles. The molecule has 0 atom stereocenters. The number of hydrogen-bond donors (Lipinski definition) is 1. The zero-order chi connectivity index (χ0) is 12.3. The highest BCUT2D eigenvalue weighted by atomic mass is 15.4. The van der Waals surface area contributed by atoms with Gasteiger partial charge in [-0.2, -0.15) is 0 Å². The summed E-state index contributed by atoms with van der Waals surface area (Å²) in [6.07, 6.45) is 5.51. The number of nitrogens with two attached hydrogens (primary N) is 1. The van der Waals surface area contributed by atoms with E-state index in [4.69, 9.17) is 5.73 Å². The Hall–Kier alpha value is -1.03. The molecular weight excluding hydrogens is 212 g/mol. The minimum atomic E-state index is 0.183. The lowest BCUT2D eigenvalue weighted by Gasteiger charge is -2.45. The van der Waals surface area contributed by atoms with Gasteiger partial charge in [0.15, 0.2) is 5.96 Å². The molecule has 0 aromatic heterocycles. The first-order valence-electron chi connectivity index (χ1n) is 6.62. The molecule has 0 unspecified atom stereocenters. The van der Waals surface area contributed by atoms with Gasteiger partial charge in [-0.15, -0.1) is 6.58 Å². The summed E-state index contributed by atoms with van der Waals surface area (Å²) in [6, 6.07) is 0. The van der Waals surface area contributed by atoms with Crippen molar-refractivity contribution < 1.29 is 0 Å². The van der Waals surface area contributed by atoms with Gasteiger partial charge in [-0.25, -0.2) is 0 Å². The summed E-state index contributed by atoms with van der Waals surface area (Å²) >= 11 is 0. The number of nitrogens with zero attached hydrogens (tertiary/aromatic N) is 3. The van der Waals surface area contributed by atoms with Crippen molar-refractivity contribution in [3.05, 3.63) is 12.7 Å². The molecule has 1 spiro atoms. The molecule has 2 N–H and O–H groups in total. The van der Waals surface area contributed by atoms with Crippen molar-refractivity contribution in [2.45, 2.75) is 31.7 Å². The van der Waals surface area contributed by atoms with E-state index in [-0.39, 0.29) is 5.54 Å². The fourth-order valence-electron chi connectivity index (χ4n) is 3.00. The van der Waals surface area contributed by atoms with Gasteiger partial charge in [-0.3, -0.25) is 4.99 Å². The van der Waals surface area contributed by atoms with Gasteiger partial charge in [0.2, 0.25) is 0 Å². The van der Waals surface area contributed by atoms with Crippen molar-refractivity contribution in [1.29, 1.82) is 0 Å². The van der Waals surface area contributed by atoms with Gasteiger partial charge in [0.25, 0.3) is 0 Å². The van der Waals surface area contributed by atoms with Gasteiger partial charge in [0.1, 0.15) is 0 Å². The van der Waals surface area contributed by atoms with E-state index in [1.165, 1.54) is 38.9 Å². The lowest BCUT2D eigenvalue weighted by molar-refractivity contribution is 0.0922. The number of guanidine groups is 1. The number of hydrogen-bond acceptors (Lipinski definition) is 4. The summed E-state index contributed by atoms with van der Waals surface area (Å²) in [4.78, 5) is 9.24. The highest BCUT2D eigenvalue weighted by molar-refractivity contribution is 5.81. The molecule has 0 bridgehead atoms.